The van der Waals surface area contributed by atoms with E-state index in [4.69, 9.17) is 5.73 Å². The van der Waals surface area contributed by atoms with Crippen LogP contribution in [0, 0.1) is 5.92 Å². The fourth-order valence-corrected chi connectivity index (χ4v) is 2.82. The number of nitrogens with zero attached hydrogens (tertiary/aromatic N) is 4. The molecule has 4 atom stereocenters. The van der Waals surface area contributed by atoms with Crippen LogP contribution in [0.25, 0.3) is 0 Å². The number of carbonyl (C=O) groups is 1. The molecular formula is C12H15N5O3. The summed E-state index contributed by atoms with van der Waals surface area (Å²) < 4.78 is 0. The molecule has 20 heavy (non-hydrogen) atoms. The highest BCUT2D eigenvalue weighted by atomic mass is 16.3. The molecule has 4 N–H and O–H groups in total. The molecule has 8 heteroatoms. The maximum Gasteiger partial charge on any atom is 0.281 e. The van der Waals surface area contributed by atoms with Crippen molar-refractivity contribution in [1.82, 2.24) is 4.90 Å². The molecule has 106 valence electrons. The minimum atomic E-state index is -0.764. The van der Waals surface area contributed by atoms with E-state index in [1.165, 1.54) is 6.34 Å². The van der Waals surface area contributed by atoms with E-state index in [9.17, 15) is 15.0 Å². The predicted molar refractivity (Wildman–Crippen MR) is 72.3 cm³/mol. The first-order valence-electron chi connectivity index (χ1n) is 6.28. The highest BCUT2D eigenvalue weighted by molar-refractivity contribution is 6.22. The van der Waals surface area contributed by atoms with Crippen LogP contribution in [0.3, 0.4) is 0 Å². The summed E-state index contributed by atoms with van der Waals surface area (Å²) in [5.74, 6) is -0.522. The van der Waals surface area contributed by atoms with Gasteiger partial charge in [-0.1, -0.05) is 6.58 Å². The monoisotopic (exact) mass is 277 g/mol. The molecule has 3 aliphatic rings. The third-order valence-electron chi connectivity index (χ3n) is 3.90. The topological polar surface area (TPSA) is 124 Å². The average molecular weight is 277 g/mol. The van der Waals surface area contributed by atoms with Gasteiger partial charge in [-0.05, 0) is 12.0 Å². The molecule has 0 bridgehead atoms. The van der Waals surface area contributed by atoms with Crippen LogP contribution in [-0.2, 0) is 4.79 Å². The normalized spacial score (nSPS) is 36.2. The summed E-state index contributed by atoms with van der Waals surface area (Å²) in [7, 11) is 0. The highest BCUT2D eigenvalue weighted by Gasteiger charge is 2.44. The molecule has 0 aromatic carbocycles. The summed E-state index contributed by atoms with van der Waals surface area (Å²) in [5, 5.41) is 19.2. The maximum atomic E-state index is 11.7. The van der Waals surface area contributed by atoms with Crippen molar-refractivity contribution >= 4 is 24.0 Å². The van der Waals surface area contributed by atoms with Crippen molar-refractivity contribution in [3.05, 3.63) is 12.2 Å². The Bertz CT molecular complexity index is 567. The zero-order chi connectivity index (χ0) is 14.4. The van der Waals surface area contributed by atoms with Crippen molar-refractivity contribution in [2.24, 2.45) is 26.6 Å². The first-order chi connectivity index (χ1) is 9.52. The molecule has 1 aliphatic carbocycles. The molecule has 1 fully saturated rings. The van der Waals surface area contributed by atoms with Gasteiger partial charge in [-0.2, -0.15) is 9.98 Å². The van der Waals surface area contributed by atoms with E-state index in [1.807, 2.05) is 0 Å². The maximum absolute atomic E-state index is 11.7. The Hall–Kier alpha value is -2.06. The Morgan fingerprint density at radius 1 is 1.50 bits per heavy atom. The van der Waals surface area contributed by atoms with Gasteiger partial charge in [0.25, 0.3) is 5.91 Å². The summed E-state index contributed by atoms with van der Waals surface area (Å²) in [4.78, 5) is 25.1. The second-order valence-electron chi connectivity index (χ2n) is 5.04. The van der Waals surface area contributed by atoms with E-state index >= 15 is 0 Å². The van der Waals surface area contributed by atoms with E-state index in [0.717, 1.165) is 0 Å². The zero-order valence-corrected chi connectivity index (χ0v) is 10.7. The number of hydrogen-bond acceptors (Lipinski definition) is 7. The standard InChI is InChI=1S/C12H15N5O3/c1-5-6(3-18)8(19)2-7(5)17-4-14-9-10(17)15-12(13)16-11(9)20/h4,6-9,18-19H,1-3H2,(H2,13,16,20). The fraction of sp³-hybridized carbons (Fsp3) is 0.500. The number of carbonyl (C=O) groups excluding carboxylic acids is 1. The van der Waals surface area contributed by atoms with Crippen molar-refractivity contribution in [2.75, 3.05) is 6.61 Å². The van der Waals surface area contributed by atoms with Crippen LogP contribution in [-0.4, -0.2) is 63.9 Å². The lowest BCUT2D eigenvalue weighted by atomic mass is 10.0. The molecule has 0 saturated heterocycles. The average Bonchev–Trinajstić information content (AvgIpc) is 2.91. The number of nitrogens with two attached hydrogens (primary N) is 1. The molecule has 8 nitrogen and oxygen atoms in total. The van der Waals surface area contributed by atoms with Crippen molar-refractivity contribution in [2.45, 2.75) is 24.6 Å². The van der Waals surface area contributed by atoms with Gasteiger partial charge < -0.3 is 20.8 Å². The molecule has 0 spiro atoms. The lowest BCUT2D eigenvalue weighted by Gasteiger charge is -2.27. The molecule has 0 aromatic rings. The number of guanidine groups is 1. The van der Waals surface area contributed by atoms with Gasteiger partial charge in [-0.3, -0.25) is 9.79 Å². The van der Waals surface area contributed by atoms with Gasteiger partial charge in [0.15, 0.2) is 6.04 Å². The summed E-state index contributed by atoms with van der Waals surface area (Å²) in [5.41, 5.74) is 6.20. The van der Waals surface area contributed by atoms with Crippen molar-refractivity contribution < 1.29 is 15.0 Å². The second-order valence-corrected chi connectivity index (χ2v) is 5.04. The molecule has 1 amide bonds. The number of fused-ring (bicyclic) bond motifs is 1. The van der Waals surface area contributed by atoms with E-state index < -0.39 is 18.1 Å². The molecule has 4 unspecified atom stereocenters. The van der Waals surface area contributed by atoms with Gasteiger partial charge >= 0.3 is 0 Å². The fourth-order valence-electron chi connectivity index (χ4n) is 2.82. The summed E-state index contributed by atoms with van der Waals surface area (Å²) >= 11 is 0. The second kappa shape index (κ2) is 4.50. The Kier molecular flexibility index (Phi) is 2.91. The lowest BCUT2D eigenvalue weighted by Crippen LogP contribution is -2.44. The number of aliphatic imine (C=N–C) groups is 3. The van der Waals surface area contributed by atoms with Crippen LogP contribution in [0.1, 0.15) is 6.42 Å². The molecule has 2 aliphatic heterocycles. The summed E-state index contributed by atoms with van der Waals surface area (Å²) in [6.07, 6.45) is 1.22. The van der Waals surface area contributed by atoms with Gasteiger partial charge in [0, 0.05) is 5.92 Å². The Labute approximate surface area is 115 Å². The van der Waals surface area contributed by atoms with E-state index in [1.54, 1.807) is 4.90 Å². The van der Waals surface area contributed by atoms with Crippen LogP contribution in [0.2, 0.25) is 0 Å². The summed E-state index contributed by atoms with van der Waals surface area (Å²) in [6.45, 7) is 3.77. The Morgan fingerprint density at radius 2 is 2.25 bits per heavy atom. The lowest BCUT2D eigenvalue weighted by molar-refractivity contribution is -0.117. The molecule has 3 rings (SSSR count). The molecular weight excluding hydrogens is 262 g/mol. The van der Waals surface area contributed by atoms with Crippen LogP contribution in [0.15, 0.2) is 27.1 Å². The largest absolute Gasteiger partial charge is 0.396 e. The Morgan fingerprint density at radius 3 is 2.90 bits per heavy atom. The number of hydrogen-bond donors (Lipinski definition) is 3. The number of rotatable bonds is 2. The number of amides is 1. The third kappa shape index (κ3) is 1.76. The van der Waals surface area contributed by atoms with Gasteiger partial charge in [0.1, 0.15) is 5.84 Å². The van der Waals surface area contributed by atoms with Gasteiger partial charge in [-0.15, -0.1) is 0 Å². The van der Waals surface area contributed by atoms with Gasteiger partial charge in [-0.25, -0.2) is 0 Å². The van der Waals surface area contributed by atoms with Crippen molar-refractivity contribution in [3.8, 4) is 0 Å². The number of aliphatic hydroxyl groups excluding tert-OH is 2. The van der Waals surface area contributed by atoms with Crippen molar-refractivity contribution in [1.29, 1.82) is 0 Å². The first-order valence-corrected chi connectivity index (χ1v) is 6.28. The SMILES string of the molecule is C=C1C(CO)C(O)CC1N1C=NC2C(=O)N=C(N)N=C21. The molecule has 0 aromatic heterocycles. The van der Waals surface area contributed by atoms with Crippen LogP contribution in [0.4, 0.5) is 0 Å². The highest BCUT2D eigenvalue weighted by Crippen LogP contribution is 2.35. The minimum absolute atomic E-state index is 0.0976. The van der Waals surface area contributed by atoms with Gasteiger partial charge in [0.05, 0.1) is 25.1 Å². The predicted octanol–water partition coefficient (Wildman–Crippen LogP) is -1.75. The van der Waals surface area contributed by atoms with Crippen molar-refractivity contribution in [3.63, 3.8) is 0 Å². The summed E-state index contributed by atoms with van der Waals surface area (Å²) in [6, 6.07) is -1.02. The first kappa shape index (κ1) is 12.9. The van der Waals surface area contributed by atoms with E-state index in [0.29, 0.717) is 17.8 Å². The van der Waals surface area contributed by atoms with E-state index in [-0.39, 0.29) is 24.5 Å². The van der Waals surface area contributed by atoms with Crippen LogP contribution < -0.4 is 5.73 Å². The smallest absolute Gasteiger partial charge is 0.281 e. The quantitative estimate of drug-likeness (QED) is 0.516. The number of aliphatic hydroxyl groups is 2. The Balaban J connectivity index is 1.90. The number of amidine groups is 1. The van der Waals surface area contributed by atoms with Crippen LogP contribution in [0.5, 0.6) is 0 Å². The third-order valence-corrected chi connectivity index (χ3v) is 3.90. The van der Waals surface area contributed by atoms with Gasteiger partial charge in [0.2, 0.25) is 5.96 Å². The minimum Gasteiger partial charge on any atom is -0.396 e. The molecule has 2 heterocycles. The van der Waals surface area contributed by atoms with E-state index in [2.05, 4.69) is 21.6 Å². The zero-order valence-electron chi connectivity index (χ0n) is 10.7. The van der Waals surface area contributed by atoms with Crippen LogP contribution >= 0.6 is 0 Å². The molecule has 1 saturated carbocycles. The molecule has 0 radical (unpaired) electrons.